The fraction of sp³-hybridized carbons (Fsp3) is 0.360. The lowest BCUT2D eigenvalue weighted by atomic mass is 10.1. The van der Waals surface area contributed by atoms with Gasteiger partial charge in [0.25, 0.3) is 0 Å². The van der Waals surface area contributed by atoms with Gasteiger partial charge in [0.2, 0.25) is 0 Å². The highest BCUT2D eigenvalue weighted by atomic mass is 16.5. The Labute approximate surface area is 173 Å². The molecule has 0 aromatic heterocycles. The fourth-order valence-electron chi connectivity index (χ4n) is 3.95. The van der Waals surface area contributed by atoms with Crippen molar-refractivity contribution in [2.75, 3.05) is 32.0 Å². The van der Waals surface area contributed by atoms with Crippen molar-refractivity contribution in [3.63, 3.8) is 0 Å². The molecule has 29 heavy (non-hydrogen) atoms. The zero-order chi connectivity index (χ0) is 20.1. The van der Waals surface area contributed by atoms with E-state index in [0.717, 1.165) is 41.0 Å². The van der Waals surface area contributed by atoms with Crippen molar-refractivity contribution in [3.8, 4) is 11.5 Å². The first-order valence-corrected chi connectivity index (χ1v) is 10.6. The van der Waals surface area contributed by atoms with E-state index in [4.69, 9.17) is 15.2 Å². The number of fused-ring (bicyclic) bond motifs is 1. The molecule has 4 heteroatoms. The van der Waals surface area contributed by atoms with Crippen LogP contribution in [0.5, 0.6) is 11.5 Å². The second-order valence-electron chi connectivity index (χ2n) is 7.78. The highest BCUT2D eigenvalue weighted by Gasteiger charge is 2.12. The SMILES string of the molecule is CC(Oc1ccc2ccccc2c1N)c1ccc(OCCN2CCCCC2)cc1. The molecule has 1 unspecified atom stereocenters. The Morgan fingerprint density at radius 1 is 0.931 bits per heavy atom. The van der Waals surface area contributed by atoms with Crippen LogP contribution in [0.2, 0.25) is 0 Å². The lowest BCUT2D eigenvalue weighted by Gasteiger charge is -2.26. The summed E-state index contributed by atoms with van der Waals surface area (Å²) in [5.41, 5.74) is 8.12. The maximum Gasteiger partial charge on any atom is 0.143 e. The predicted octanol–water partition coefficient (Wildman–Crippen LogP) is 5.43. The van der Waals surface area contributed by atoms with Crippen LogP contribution in [0.25, 0.3) is 10.8 Å². The third kappa shape index (κ3) is 4.83. The average molecular weight is 391 g/mol. The van der Waals surface area contributed by atoms with Gasteiger partial charge >= 0.3 is 0 Å². The smallest absolute Gasteiger partial charge is 0.143 e. The van der Waals surface area contributed by atoms with Crippen molar-refractivity contribution in [1.82, 2.24) is 4.90 Å². The molecular formula is C25H30N2O2. The number of anilines is 1. The largest absolute Gasteiger partial charge is 0.492 e. The van der Waals surface area contributed by atoms with E-state index in [0.29, 0.717) is 5.69 Å². The van der Waals surface area contributed by atoms with Crippen LogP contribution >= 0.6 is 0 Å². The van der Waals surface area contributed by atoms with Crippen LogP contribution < -0.4 is 15.2 Å². The molecule has 4 rings (SSSR count). The monoisotopic (exact) mass is 390 g/mol. The summed E-state index contributed by atoms with van der Waals surface area (Å²) >= 11 is 0. The molecule has 4 nitrogen and oxygen atoms in total. The van der Waals surface area contributed by atoms with Gasteiger partial charge in [0.05, 0.1) is 5.69 Å². The molecule has 1 aliphatic rings. The normalized spacial score (nSPS) is 15.9. The molecule has 152 valence electrons. The van der Waals surface area contributed by atoms with Crippen molar-refractivity contribution < 1.29 is 9.47 Å². The number of rotatable bonds is 7. The molecule has 0 saturated carbocycles. The van der Waals surface area contributed by atoms with Gasteiger partial charge in [-0.1, -0.05) is 48.9 Å². The van der Waals surface area contributed by atoms with E-state index < -0.39 is 0 Å². The molecule has 3 aromatic carbocycles. The third-order valence-corrected chi connectivity index (χ3v) is 5.71. The van der Waals surface area contributed by atoms with E-state index in [-0.39, 0.29) is 6.10 Å². The number of nitrogen functional groups attached to an aromatic ring is 1. The molecule has 1 atom stereocenters. The first-order chi connectivity index (χ1) is 14.2. The summed E-state index contributed by atoms with van der Waals surface area (Å²) in [5, 5.41) is 2.14. The van der Waals surface area contributed by atoms with Crippen LogP contribution in [0.3, 0.4) is 0 Å². The van der Waals surface area contributed by atoms with Gasteiger partial charge in [0, 0.05) is 11.9 Å². The lowest BCUT2D eigenvalue weighted by molar-refractivity contribution is 0.183. The molecule has 0 aliphatic carbocycles. The highest BCUT2D eigenvalue weighted by Crippen LogP contribution is 2.33. The van der Waals surface area contributed by atoms with Crippen molar-refractivity contribution in [2.24, 2.45) is 0 Å². The van der Waals surface area contributed by atoms with Crippen LogP contribution in [0.4, 0.5) is 5.69 Å². The highest BCUT2D eigenvalue weighted by molar-refractivity contribution is 5.95. The molecule has 2 N–H and O–H groups in total. The molecule has 1 fully saturated rings. The molecule has 0 bridgehead atoms. The summed E-state index contributed by atoms with van der Waals surface area (Å²) in [4.78, 5) is 2.49. The van der Waals surface area contributed by atoms with Crippen molar-refractivity contribution in [3.05, 3.63) is 66.2 Å². The fourth-order valence-corrected chi connectivity index (χ4v) is 3.95. The van der Waals surface area contributed by atoms with E-state index in [1.54, 1.807) is 0 Å². The van der Waals surface area contributed by atoms with Gasteiger partial charge < -0.3 is 15.2 Å². The summed E-state index contributed by atoms with van der Waals surface area (Å²) in [6.45, 7) is 6.19. The second kappa shape index (κ2) is 9.19. The Morgan fingerprint density at radius 3 is 2.48 bits per heavy atom. The first kappa shape index (κ1) is 19.6. The van der Waals surface area contributed by atoms with Crippen LogP contribution in [0.1, 0.15) is 37.9 Å². The summed E-state index contributed by atoms with van der Waals surface area (Å²) in [6.07, 6.45) is 3.90. The number of ether oxygens (including phenoxy) is 2. The zero-order valence-electron chi connectivity index (χ0n) is 17.1. The van der Waals surface area contributed by atoms with Crippen LogP contribution in [-0.4, -0.2) is 31.1 Å². The number of piperidine rings is 1. The summed E-state index contributed by atoms with van der Waals surface area (Å²) in [7, 11) is 0. The predicted molar refractivity (Wildman–Crippen MR) is 120 cm³/mol. The maximum absolute atomic E-state index is 6.34. The maximum atomic E-state index is 6.34. The minimum Gasteiger partial charge on any atom is -0.492 e. The molecule has 1 heterocycles. The van der Waals surface area contributed by atoms with E-state index >= 15 is 0 Å². The molecule has 0 amide bonds. The average Bonchev–Trinajstić information content (AvgIpc) is 2.77. The van der Waals surface area contributed by atoms with Crippen molar-refractivity contribution in [2.45, 2.75) is 32.3 Å². The first-order valence-electron chi connectivity index (χ1n) is 10.6. The van der Waals surface area contributed by atoms with Gasteiger partial charge in [-0.3, -0.25) is 4.90 Å². The number of likely N-dealkylation sites (tertiary alicyclic amines) is 1. The number of benzene rings is 3. The Balaban J connectivity index is 1.34. The van der Waals surface area contributed by atoms with Crippen LogP contribution in [0, 0.1) is 0 Å². The number of hydrogen-bond acceptors (Lipinski definition) is 4. The lowest BCUT2D eigenvalue weighted by Crippen LogP contribution is -2.33. The van der Waals surface area contributed by atoms with Gasteiger partial charge in [-0.15, -0.1) is 0 Å². The van der Waals surface area contributed by atoms with Crippen LogP contribution in [0.15, 0.2) is 60.7 Å². The van der Waals surface area contributed by atoms with Gasteiger partial charge in [-0.2, -0.15) is 0 Å². The Morgan fingerprint density at radius 2 is 1.69 bits per heavy atom. The Hall–Kier alpha value is -2.72. The standard InChI is InChI=1S/C25H30N2O2/c1-19(29-24-14-11-21-7-3-4-8-23(21)25(24)26)20-9-12-22(13-10-20)28-18-17-27-15-5-2-6-16-27/h3-4,7-14,19H,2,5-6,15-18,26H2,1H3. The van der Waals surface area contributed by atoms with Gasteiger partial charge in [0.1, 0.15) is 24.2 Å². The van der Waals surface area contributed by atoms with E-state index in [1.165, 1.54) is 32.4 Å². The van der Waals surface area contributed by atoms with Crippen molar-refractivity contribution >= 4 is 16.5 Å². The minimum atomic E-state index is -0.0964. The van der Waals surface area contributed by atoms with E-state index in [2.05, 4.69) is 23.1 Å². The van der Waals surface area contributed by atoms with E-state index in [9.17, 15) is 0 Å². The Kier molecular flexibility index (Phi) is 6.20. The molecular weight excluding hydrogens is 360 g/mol. The van der Waals surface area contributed by atoms with E-state index in [1.807, 2.05) is 49.4 Å². The van der Waals surface area contributed by atoms with Gasteiger partial charge in [0.15, 0.2) is 0 Å². The number of nitrogens with two attached hydrogens (primary N) is 1. The quantitative estimate of drug-likeness (QED) is 0.547. The minimum absolute atomic E-state index is 0.0964. The number of hydrogen-bond donors (Lipinski definition) is 1. The molecule has 1 saturated heterocycles. The summed E-state index contributed by atoms with van der Waals surface area (Å²) < 4.78 is 12.1. The summed E-state index contributed by atoms with van der Waals surface area (Å²) in [6, 6.07) is 20.3. The van der Waals surface area contributed by atoms with Crippen molar-refractivity contribution in [1.29, 1.82) is 0 Å². The molecule has 1 aliphatic heterocycles. The third-order valence-electron chi connectivity index (χ3n) is 5.71. The molecule has 3 aromatic rings. The number of nitrogens with zero attached hydrogens (tertiary/aromatic N) is 1. The molecule has 0 spiro atoms. The second-order valence-corrected chi connectivity index (χ2v) is 7.78. The van der Waals surface area contributed by atoms with Gasteiger partial charge in [-0.05, 0) is 62.0 Å². The van der Waals surface area contributed by atoms with Gasteiger partial charge in [-0.25, -0.2) is 0 Å². The zero-order valence-corrected chi connectivity index (χ0v) is 17.1. The Bertz CT molecular complexity index is 933. The topological polar surface area (TPSA) is 47.7 Å². The van der Waals surface area contributed by atoms with Crippen LogP contribution in [-0.2, 0) is 0 Å². The molecule has 0 radical (unpaired) electrons. The summed E-state index contributed by atoms with van der Waals surface area (Å²) in [5.74, 6) is 1.63.